The van der Waals surface area contributed by atoms with Crippen LogP contribution in [0.15, 0.2) is 40.3 Å². The molecule has 1 unspecified atom stereocenters. The van der Waals surface area contributed by atoms with Gasteiger partial charge in [0.15, 0.2) is 22.3 Å². The van der Waals surface area contributed by atoms with Gasteiger partial charge in [0, 0.05) is 37.2 Å². The molecule has 1 aliphatic heterocycles. The number of halogens is 3. The number of carbonyl (C=O) groups excluding carboxylic acids is 2. The van der Waals surface area contributed by atoms with E-state index in [9.17, 15) is 22.8 Å². The number of oxazole rings is 1. The van der Waals surface area contributed by atoms with Crippen LogP contribution in [0.1, 0.15) is 44.5 Å². The highest BCUT2D eigenvalue weighted by atomic mass is 32.1. The summed E-state index contributed by atoms with van der Waals surface area (Å²) < 4.78 is 46.8. The van der Waals surface area contributed by atoms with Gasteiger partial charge in [-0.25, -0.2) is 9.97 Å². The van der Waals surface area contributed by atoms with E-state index in [0.29, 0.717) is 24.4 Å². The molecule has 1 aromatic carbocycles. The standard InChI is InChI=1S/C23H20F3N5O3S/c1-12-18(31-8-9-35-22(31)28-12)20(32)27-11-16-6-7-30(16)21(33)17-19(34-13(2)29-17)14-4-3-5-15(10-14)23(24,25)26/h3-5,8-10,16H,6-7,11H2,1-2H3,(H,27,32). The number of nitrogens with zero attached hydrogens (tertiary/aromatic N) is 4. The summed E-state index contributed by atoms with van der Waals surface area (Å²) in [7, 11) is 0. The maximum absolute atomic E-state index is 13.2. The van der Waals surface area contributed by atoms with Crippen molar-refractivity contribution >= 4 is 28.1 Å². The number of thiazole rings is 1. The van der Waals surface area contributed by atoms with E-state index in [-0.39, 0.29) is 41.4 Å². The Morgan fingerprint density at radius 2 is 2.06 bits per heavy atom. The summed E-state index contributed by atoms with van der Waals surface area (Å²) in [5.74, 6) is -0.597. The van der Waals surface area contributed by atoms with E-state index < -0.39 is 17.6 Å². The molecular weight excluding hydrogens is 483 g/mol. The predicted octanol–water partition coefficient (Wildman–Crippen LogP) is 4.33. The second-order valence-corrected chi connectivity index (χ2v) is 9.11. The number of hydrogen-bond acceptors (Lipinski definition) is 6. The Hall–Kier alpha value is -3.67. The van der Waals surface area contributed by atoms with E-state index in [0.717, 1.165) is 17.1 Å². The molecule has 3 aromatic heterocycles. The van der Waals surface area contributed by atoms with Gasteiger partial charge in [0.05, 0.1) is 17.3 Å². The number of alkyl halides is 3. The molecule has 1 atom stereocenters. The molecule has 2 amide bonds. The number of aryl methyl sites for hydroxylation is 2. The van der Waals surface area contributed by atoms with Crippen molar-refractivity contribution in [3.8, 4) is 11.3 Å². The molecule has 4 aromatic rings. The van der Waals surface area contributed by atoms with Crippen molar-refractivity contribution in [2.45, 2.75) is 32.5 Å². The van der Waals surface area contributed by atoms with Gasteiger partial charge >= 0.3 is 6.18 Å². The Balaban J connectivity index is 1.32. The topological polar surface area (TPSA) is 92.7 Å². The Morgan fingerprint density at radius 1 is 1.26 bits per heavy atom. The van der Waals surface area contributed by atoms with Crippen molar-refractivity contribution in [2.75, 3.05) is 13.1 Å². The molecule has 1 N–H and O–H groups in total. The molecule has 0 bridgehead atoms. The van der Waals surface area contributed by atoms with Gasteiger partial charge < -0.3 is 14.6 Å². The smallest absolute Gasteiger partial charge is 0.416 e. The molecule has 8 nitrogen and oxygen atoms in total. The number of benzene rings is 1. The minimum atomic E-state index is -4.53. The van der Waals surface area contributed by atoms with Crippen LogP contribution in [0.2, 0.25) is 0 Å². The number of nitrogens with one attached hydrogen (secondary N) is 1. The number of rotatable bonds is 5. The van der Waals surface area contributed by atoms with E-state index in [1.54, 1.807) is 17.5 Å². The largest absolute Gasteiger partial charge is 0.440 e. The van der Waals surface area contributed by atoms with E-state index in [1.165, 1.54) is 35.3 Å². The molecule has 12 heteroatoms. The van der Waals surface area contributed by atoms with Gasteiger partial charge in [-0.1, -0.05) is 12.1 Å². The van der Waals surface area contributed by atoms with E-state index in [1.807, 2.05) is 5.38 Å². The summed E-state index contributed by atoms with van der Waals surface area (Å²) in [5, 5.41) is 4.70. The lowest BCUT2D eigenvalue weighted by Crippen LogP contribution is -2.56. The van der Waals surface area contributed by atoms with Gasteiger partial charge in [-0.3, -0.25) is 14.0 Å². The summed E-state index contributed by atoms with van der Waals surface area (Å²) >= 11 is 1.43. The van der Waals surface area contributed by atoms with E-state index >= 15 is 0 Å². The minimum absolute atomic E-state index is 0.0111. The zero-order valence-corrected chi connectivity index (χ0v) is 19.5. The minimum Gasteiger partial charge on any atom is -0.440 e. The lowest BCUT2D eigenvalue weighted by Gasteiger charge is -2.40. The number of carbonyl (C=O) groups is 2. The van der Waals surface area contributed by atoms with Crippen molar-refractivity contribution in [3.63, 3.8) is 0 Å². The summed E-state index contributed by atoms with van der Waals surface area (Å²) in [4.78, 5) is 36.8. The molecule has 5 rings (SSSR count). The Morgan fingerprint density at radius 3 is 2.77 bits per heavy atom. The number of likely N-dealkylation sites (tertiary alicyclic amines) is 1. The molecule has 0 saturated carbocycles. The van der Waals surface area contributed by atoms with Gasteiger partial charge in [-0.05, 0) is 25.5 Å². The third-order valence-electron chi connectivity index (χ3n) is 5.94. The van der Waals surface area contributed by atoms with Crippen molar-refractivity contribution < 1.29 is 27.2 Å². The lowest BCUT2D eigenvalue weighted by atomic mass is 10.0. The zero-order valence-electron chi connectivity index (χ0n) is 18.7. The first kappa shape index (κ1) is 23.1. The van der Waals surface area contributed by atoms with E-state index in [2.05, 4.69) is 15.3 Å². The second kappa shape index (κ2) is 8.52. The molecular formula is C23H20F3N5O3S. The van der Waals surface area contributed by atoms with Crippen LogP contribution in [-0.2, 0) is 6.18 Å². The lowest BCUT2D eigenvalue weighted by molar-refractivity contribution is -0.137. The van der Waals surface area contributed by atoms with Crippen molar-refractivity contribution in [1.82, 2.24) is 24.6 Å². The fourth-order valence-electron chi connectivity index (χ4n) is 4.12. The third kappa shape index (κ3) is 4.18. The van der Waals surface area contributed by atoms with Crippen LogP contribution in [0.25, 0.3) is 16.3 Å². The van der Waals surface area contributed by atoms with Gasteiger partial charge in [0.1, 0.15) is 5.69 Å². The molecule has 182 valence electrons. The molecule has 0 radical (unpaired) electrons. The number of hydrogen-bond donors (Lipinski definition) is 1. The highest BCUT2D eigenvalue weighted by molar-refractivity contribution is 7.15. The molecule has 0 aliphatic carbocycles. The van der Waals surface area contributed by atoms with E-state index in [4.69, 9.17) is 4.42 Å². The van der Waals surface area contributed by atoms with Crippen LogP contribution in [0.3, 0.4) is 0 Å². The van der Waals surface area contributed by atoms with Crippen LogP contribution in [0, 0.1) is 13.8 Å². The van der Waals surface area contributed by atoms with Crippen LogP contribution in [0.5, 0.6) is 0 Å². The zero-order chi connectivity index (χ0) is 24.9. The average Bonchev–Trinajstić information content (AvgIpc) is 3.46. The SMILES string of the molecule is Cc1nc(C(=O)N2CCC2CNC(=O)c2c(C)nc3sccn23)c(-c2cccc(C(F)(F)F)c2)o1. The van der Waals surface area contributed by atoms with Crippen LogP contribution in [-0.4, -0.2) is 50.2 Å². The Bertz CT molecular complexity index is 1440. The molecule has 1 saturated heterocycles. The highest BCUT2D eigenvalue weighted by Crippen LogP contribution is 2.34. The molecule has 0 spiro atoms. The van der Waals surface area contributed by atoms with Gasteiger partial charge in [0.25, 0.3) is 11.8 Å². The fourth-order valence-corrected chi connectivity index (χ4v) is 4.88. The third-order valence-corrected chi connectivity index (χ3v) is 6.70. The quantitative estimate of drug-likeness (QED) is 0.438. The Kier molecular flexibility index (Phi) is 5.62. The average molecular weight is 504 g/mol. The fraction of sp³-hybridized carbons (Fsp3) is 0.304. The van der Waals surface area contributed by atoms with Crippen molar-refractivity contribution in [3.05, 3.63) is 64.4 Å². The second-order valence-electron chi connectivity index (χ2n) is 8.24. The first-order valence-electron chi connectivity index (χ1n) is 10.8. The van der Waals surface area contributed by atoms with Crippen LogP contribution < -0.4 is 5.32 Å². The summed E-state index contributed by atoms with van der Waals surface area (Å²) in [5.41, 5.74) is 0.272. The number of fused-ring (bicyclic) bond motifs is 1. The maximum atomic E-state index is 13.2. The highest BCUT2D eigenvalue weighted by Gasteiger charge is 2.37. The number of amides is 2. The van der Waals surface area contributed by atoms with Crippen LogP contribution >= 0.6 is 11.3 Å². The number of imidazole rings is 1. The van der Waals surface area contributed by atoms with Crippen molar-refractivity contribution in [1.29, 1.82) is 0 Å². The summed E-state index contributed by atoms with van der Waals surface area (Å²) in [6, 6.07) is 4.32. The maximum Gasteiger partial charge on any atom is 0.416 e. The first-order chi connectivity index (χ1) is 16.6. The van der Waals surface area contributed by atoms with Crippen molar-refractivity contribution in [2.24, 2.45) is 0 Å². The molecule has 1 fully saturated rings. The van der Waals surface area contributed by atoms with Crippen LogP contribution in [0.4, 0.5) is 13.2 Å². The van der Waals surface area contributed by atoms with Gasteiger partial charge in [0.2, 0.25) is 0 Å². The molecule has 35 heavy (non-hydrogen) atoms. The summed E-state index contributed by atoms with van der Waals surface area (Å²) in [6.07, 6.45) is -2.09. The normalized spacial score (nSPS) is 15.9. The van der Waals surface area contributed by atoms with Gasteiger partial charge in [-0.2, -0.15) is 13.2 Å². The molecule has 1 aliphatic rings. The molecule has 4 heterocycles. The Labute approximate surface area is 201 Å². The monoisotopic (exact) mass is 503 g/mol. The van der Waals surface area contributed by atoms with Gasteiger partial charge in [-0.15, -0.1) is 11.3 Å². The predicted molar refractivity (Wildman–Crippen MR) is 121 cm³/mol. The first-order valence-corrected chi connectivity index (χ1v) is 11.7. The summed E-state index contributed by atoms with van der Waals surface area (Å²) in [6.45, 7) is 3.95. The number of aromatic nitrogens is 3.